The Kier molecular flexibility index (Phi) is 4.43. The molecule has 0 saturated heterocycles. The average molecular weight is 382 g/mol. The van der Waals surface area contributed by atoms with Gasteiger partial charge in [-0.25, -0.2) is 4.98 Å². The monoisotopic (exact) mass is 382 g/mol. The van der Waals surface area contributed by atoms with Crippen LogP contribution in [0.25, 0.3) is 22.2 Å². The Morgan fingerprint density at radius 2 is 1.86 bits per heavy atom. The molecule has 1 aromatic carbocycles. The van der Waals surface area contributed by atoms with Gasteiger partial charge < -0.3 is 4.57 Å². The van der Waals surface area contributed by atoms with Gasteiger partial charge in [-0.3, -0.25) is 14.8 Å². The minimum Gasteiger partial charge on any atom is -0.334 e. The number of rotatable bonds is 4. The van der Waals surface area contributed by atoms with E-state index in [4.69, 9.17) is 0 Å². The molecule has 144 valence electrons. The average Bonchev–Trinajstić information content (AvgIpc) is 3.18. The molecule has 5 rings (SSSR count). The number of hydrogen-bond acceptors (Lipinski definition) is 4. The Morgan fingerprint density at radius 3 is 2.69 bits per heavy atom. The van der Waals surface area contributed by atoms with Gasteiger partial charge in [0.15, 0.2) is 5.78 Å². The number of ketones is 1. The van der Waals surface area contributed by atoms with Gasteiger partial charge in [-0.05, 0) is 55.0 Å². The molecule has 5 nitrogen and oxygen atoms in total. The first-order chi connectivity index (χ1) is 14.2. The van der Waals surface area contributed by atoms with Gasteiger partial charge in [0.05, 0.1) is 36.4 Å². The topological polar surface area (TPSA) is 60.7 Å². The number of pyridine rings is 2. The van der Waals surface area contributed by atoms with Gasteiger partial charge in [-0.2, -0.15) is 0 Å². The summed E-state index contributed by atoms with van der Waals surface area (Å²) in [5.41, 5.74) is 7.10. The summed E-state index contributed by atoms with van der Waals surface area (Å²) in [4.78, 5) is 26.0. The number of nitrogens with zero attached hydrogens (tertiary/aromatic N) is 4. The molecule has 1 aliphatic rings. The fraction of sp³-hybridized carbons (Fsp3) is 0.250. The molecule has 0 N–H and O–H groups in total. The minimum absolute atomic E-state index is 0.112. The molecule has 0 radical (unpaired) electrons. The number of carbonyl (C=O) groups excluding carboxylic acids is 1. The maximum absolute atomic E-state index is 12.9. The van der Waals surface area contributed by atoms with Crippen LogP contribution >= 0.6 is 0 Å². The van der Waals surface area contributed by atoms with Crippen LogP contribution < -0.4 is 0 Å². The summed E-state index contributed by atoms with van der Waals surface area (Å²) in [6.45, 7) is 0. The fourth-order valence-corrected chi connectivity index (χ4v) is 4.12. The van der Waals surface area contributed by atoms with Crippen molar-refractivity contribution in [3.63, 3.8) is 0 Å². The molecule has 0 atom stereocenters. The second kappa shape index (κ2) is 7.24. The van der Waals surface area contributed by atoms with Gasteiger partial charge >= 0.3 is 0 Å². The third kappa shape index (κ3) is 3.44. The number of Topliss-reactive ketones (excluding diaryl/α,β-unsaturated/α-hetero) is 1. The van der Waals surface area contributed by atoms with Gasteiger partial charge in [-0.15, -0.1) is 0 Å². The van der Waals surface area contributed by atoms with Crippen LogP contribution in [0.2, 0.25) is 0 Å². The largest absolute Gasteiger partial charge is 0.334 e. The van der Waals surface area contributed by atoms with Crippen LogP contribution in [0, 0.1) is 0 Å². The summed E-state index contributed by atoms with van der Waals surface area (Å²) < 4.78 is 1.96. The van der Waals surface area contributed by atoms with Crippen LogP contribution in [-0.2, 0) is 26.3 Å². The van der Waals surface area contributed by atoms with E-state index in [1.165, 1.54) is 24.0 Å². The number of fused-ring (bicyclic) bond motifs is 2. The van der Waals surface area contributed by atoms with Crippen molar-refractivity contribution in [2.45, 2.75) is 32.1 Å². The van der Waals surface area contributed by atoms with Crippen LogP contribution in [0.1, 0.15) is 40.0 Å². The van der Waals surface area contributed by atoms with E-state index in [9.17, 15) is 4.79 Å². The highest BCUT2D eigenvalue weighted by molar-refractivity contribution is 5.98. The zero-order valence-electron chi connectivity index (χ0n) is 16.4. The second-order valence-corrected chi connectivity index (χ2v) is 7.77. The second-order valence-electron chi connectivity index (χ2n) is 7.77. The van der Waals surface area contributed by atoms with Crippen LogP contribution in [0.4, 0.5) is 0 Å². The van der Waals surface area contributed by atoms with Crippen LogP contribution in [0.15, 0.2) is 55.2 Å². The molecule has 3 heterocycles. The Morgan fingerprint density at radius 1 is 1.00 bits per heavy atom. The summed E-state index contributed by atoms with van der Waals surface area (Å²) in [7, 11) is 1.96. The zero-order chi connectivity index (χ0) is 19.8. The molecule has 4 aromatic rings. The number of imidazole rings is 1. The number of aromatic nitrogens is 4. The first-order valence-corrected chi connectivity index (χ1v) is 10.0. The molecule has 0 saturated carbocycles. The fourth-order valence-electron chi connectivity index (χ4n) is 4.12. The highest BCUT2D eigenvalue weighted by atomic mass is 16.1. The molecule has 3 aromatic heterocycles. The summed E-state index contributed by atoms with van der Waals surface area (Å²) in [6.07, 6.45) is 12.1. The van der Waals surface area contributed by atoms with Crippen molar-refractivity contribution in [2.24, 2.45) is 7.05 Å². The minimum atomic E-state index is 0.112. The van der Waals surface area contributed by atoms with Crippen molar-refractivity contribution in [1.82, 2.24) is 19.5 Å². The summed E-state index contributed by atoms with van der Waals surface area (Å²) >= 11 is 0. The van der Waals surface area contributed by atoms with Crippen LogP contribution in [-0.4, -0.2) is 25.3 Å². The van der Waals surface area contributed by atoms with E-state index in [1.54, 1.807) is 12.5 Å². The highest BCUT2D eigenvalue weighted by Gasteiger charge is 2.14. The third-order valence-corrected chi connectivity index (χ3v) is 5.75. The standard InChI is InChI=1S/C24H22N4O/c1-28-15-25-14-23(28)20-9-19-10-21(26-13-22(19)27-12-20)11-24(29)18-7-6-16-4-2-3-5-17(16)8-18/h6-10,12-15H,2-5,11H2,1H3. The Balaban J connectivity index is 1.42. The summed E-state index contributed by atoms with van der Waals surface area (Å²) in [5.74, 6) is 0.112. The molecule has 1 aliphatic carbocycles. The van der Waals surface area contributed by atoms with Crippen molar-refractivity contribution >= 4 is 16.7 Å². The lowest BCUT2D eigenvalue weighted by Gasteiger charge is -2.16. The highest BCUT2D eigenvalue weighted by Crippen LogP contribution is 2.24. The SMILES string of the molecule is Cn1cncc1-c1cnc2cnc(CC(=O)c3ccc4c(c3)CCCC4)cc2c1. The van der Waals surface area contributed by atoms with Gasteiger partial charge in [0.2, 0.25) is 0 Å². The molecule has 0 bridgehead atoms. The normalized spacial score (nSPS) is 13.4. The van der Waals surface area contributed by atoms with E-state index in [-0.39, 0.29) is 5.78 Å². The van der Waals surface area contributed by atoms with E-state index >= 15 is 0 Å². The van der Waals surface area contributed by atoms with Gasteiger partial charge in [0.25, 0.3) is 0 Å². The predicted molar refractivity (Wildman–Crippen MR) is 113 cm³/mol. The van der Waals surface area contributed by atoms with E-state index in [1.807, 2.05) is 36.1 Å². The smallest absolute Gasteiger partial charge is 0.168 e. The molecule has 0 amide bonds. The van der Waals surface area contributed by atoms with Crippen molar-refractivity contribution < 1.29 is 4.79 Å². The predicted octanol–water partition coefficient (Wildman–Crippen LogP) is 4.33. The molecule has 0 spiro atoms. The first-order valence-electron chi connectivity index (χ1n) is 10.0. The van der Waals surface area contributed by atoms with Crippen LogP contribution in [0.3, 0.4) is 0 Å². The first kappa shape index (κ1) is 17.7. The van der Waals surface area contributed by atoms with Crippen molar-refractivity contribution in [3.05, 3.63) is 77.6 Å². The Hall–Kier alpha value is -3.34. The summed E-state index contributed by atoms with van der Waals surface area (Å²) in [6, 6.07) is 10.2. The maximum Gasteiger partial charge on any atom is 0.168 e. The lowest BCUT2D eigenvalue weighted by Crippen LogP contribution is -2.09. The quantitative estimate of drug-likeness (QED) is 0.493. The molecule has 0 aliphatic heterocycles. The van der Waals surface area contributed by atoms with Gasteiger partial charge in [0, 0.05) is 35.5 Å². The third-order valence-electron chi connectivity index (χ3n) is 5.75. The lowest BCUT2D eigenvalue weighted by molar-refractivity contribution is 0.0992. The Labute approximate surface area is 169 Å². The van der Waals surface area contributed by atoms with Gasteiger partial charge in [-0.1, -0.05) is 12.1 Å². The number of aryl methyl sites for hydroxylation is 3. The van der Waals surface area contributed by atoms with E-state index in [0.29, 0.717) is 6.42 Å². The van der Waals surface area contributed by atoms with E-state index in [0.717, 1.165) is 46.3 Å². The molecular weight excluding hydrogens is 360 g/mol. The van der Waals surface area contributed by atoms with Crippen molar-refractivity contribution in [1.29, 1.82) is 0 Å². The number of hydrogen-bond donors (Lipinski definition) is 0. The molecule has 29 heavy (non-hydrogen) atoms. The van der Waals surface area contributed by atoms with Gasteiger partial charge in [0.1, 0.15) is 0 Å². The molecular formula is C24H22N4O. The van der Waals surface area contributed by atoms with Crippen molar-refractivity contribution in [3.8, 4) is 11.3 Å². The molecule has 5 heteroatoms. The molecule has 0 unspecified atom stereocenters. The Bertz CT molecular complexity index is 1220. The maximum atomic E-state index is 12.9. The lowest BCUT2D eigenvalue weighted by atomic mass is 9.89. The number of carbonyl (C=O) groups is 1. The number of benzene rings is 1. The van der Waals surface area contributed by atoms with Crippen LogP contribution in [0.5, 0.6) is 0 Å². The summed E-state index contributed by atoms with van der Waals surface area (Å²) in [5, 5.41) is 0.979. The molecule has 0 fully saturated rings. The van der Waals surface area contributed by atoms with E-state index < -0.39 is 0 Å². The zero-order valence-corrected chi connectivity index (χ0v) is 16.4. The van der Waals surface area contributed by atoms with Crippen molar-refractivity contribution in [2.75, 3.05) is 0 Å². The van der Waals surface area contributed by atoms with E-state index in [2.05, 4.69) is 33.2 Å².